The van der Waals surface area contributed by atoms with Gasteiger partial charge in [0.2, 0.25) is 0 Å². The van der Waals surface area contributed by atoms with Crippen LogP contribution >= 0.6 is 11.6 Å². The molecule has 0 bridgehead atoms. The number of carbonyl (C=O) groups is 1. The Kier molecular flexibility index (Phi) is 5.64. The van der Waals surface area contributed by atoms with Gasteiger partial charge in [0.1, 0.15) is 4.90 Å². The average Bonchev–Trinajstić information content (AvgIpc) is 2.66. The molecule has 1 aliphatic heterocycles. The molecule has 0 spiro atoms. The lowest BCUT2D eigenvalue weighted by Gasteiger charge is -2.33. The predicted molar refractivity (Wildman–Crippen MR) is 101 cm³/mol. The Morgan fingerprint density at radius 1 is 1.11 bits per heavy atom. The molecule has 1 amide bonds. The quantitative estimate of drug-likeness (QED) is 0.753. The topological polar surface area (TPSA) is 120 Å². The maximum atomic E-state index is 12.7. The van der Waals surface area contributed by atoms with Crippen molar-refractivity contribution in [3.8, 4) is 5.75 Å². The summed E-state index contributed by atoms with van der Waals surface area (Å²) in [4.78, 5) is 26.4. The molecule has 2 aromatic rings. The Morgan fingerprint density at radius 2 is 1.75 bits per heavy atom. The van der Waals surface area contributed by atoms with Gasteiger partial charge >= 0.3 is 11.7 Å². The van der Waals surface area contributed by atoms with Crippen molar-refractivity contribution in [2.24, 2.45) is 0 Å². The lowest BCUT2D eigenvalue weighted by atomic mass is 10.2. The van der Waals surface area contributed by atoms with Crippen LogP contribution in [0.1, 0.15) is 5.56 Å². The zero-order valence-corrected chi connectivity index (χ0v) is 16.2. The molecule has 3 rings (SSSR count). The summed E-state index contributed by atoms with van der Waals surface area (Å²) in [6.45, 7) is 1.70. The smallest absolute Gasteiger partial charge is 0.407 e. The molecule has 0 radical (unpaired) electrons. The third-order valence-electron chi connectivity index (χ3n) is 4.53. The van der Waals surface area contributed by atoms with Crippen molar-refractivity contribution < 1.29 is 23.4 Å². The van der Waals surface area contributed by atoms with Gasteiger partial charge in [-0.3, -0.25) is 9.69 Å². The Morgan fingerprint density at radius 3 is 2.36 bits per heavy atom. The first kappa shape index (κ1) is 20.2. The summed E-state index contributed by atoms with van der Waals surface area (Å²) in [6, 6.07) is 7.07. The molecule has 28 heavy (non-hydrogen) atoms. The van der Waals surface area contributed by atoms with E-state index >= 15 is 0 Å². The van der Waals surface area contributed by atoms with Gasteiger partial charge in [0.05, 0.1) is 5.02 Å². The number of pyridine rings is 1. The minimum atomic E-state index is -4.26. The van der Waals surface area contributed by atoms with Gasteiger partial charge in [-0.2, -0.15) is 0 Å². The lowest BCUT2D eigenvalue weighted by molar-refractivity contribution is 0.102. The fraction of sp³-hybridized carbons (Fsp3) is 0.294. The van der Waals surface area contributed by atoms with Crippen molar-refractivity contribution >= 4 is 27.7 Å². The van der Waals surface area contributed by atoms with Gasteiger partial charge in [0.25, 0.3) is 10.0 Å². The molecular formula is C17H18ClN3O6S. The van der Waals surface area contributed by atoms with Crippen LogP contribution in [0.25, 0.3) is 0 Å². The minimum Gasteiger partial charge on any atom is -0.503 e. The number of halogens is 1. The summed E-state index contributed by atoms with van der Waals surface area (Å²) in [5.41, 5.74) is -0.805. The van der Waals surface area contributed by atoms with Crippen LogP contribution in [0, 0.1) is 0 Å². The van der Waals surface area contributed by atoms with Crippen LogP contribution in [0.3, 0.4) is 0 Å². The molecule has 150 valence electrons. The van der Waals surface area contributed by atoms with E-state index in [1.54, 1.807) is 6.07 Å². The van der Waals surface area contributed by atoms with Gasteiger partial charge in [0, 0.05) is 44.5 Å². The largest absolute Gasteiger partial charge is 0.503 e. The molecule has 0 aliphatic carbocycles. The Bertz CT molecular complexity index is 1060. The number of hydrogen-bond acceptors (Lipinski definition) is 6. The number of nitrogens with zero attached hydrogens (tertiary/aromatic N) is 3. The highest BCUT2D eigenvalue weighted by Gasteiger charge is 2.25. The molecule has 0 unspecified atom stereocenters. The van der Waals surface area contributed by atoms with Crippen LogP contribution in [0.15, 0.2) is 46.2 Å². The minimum absolute atomic E-state index is 0.0331. The average molecular weight is 428 g/mol. The van der Waals surface area contributed by atoms with E-state index in [-0.39, 0.29) is 22.0 Å². The van der Waals surface area contributed by atoms with E-state index < -0.39 is 27.4 Å². The van der Waals surface area contributed by atoms with Crippen molar-refractivity contribution in [3.05, 3.63) is 57.5 Å². The molecule has 1 fully saturated rings. The second-order valence-electron chi connectivity index (χ2n) is 6.27. The highest BCUT2D eigenvalue weighted by atomic mass is 35.5. The van der Waals surface area contributed by atoms with Crippen molar-refractivity contribution in [1.29, 1.82) is 0 Å². The molecular weight excluding hydrogens is 410 g/mol. The molecule has 9 nitrogen and oxygen atoms in total. The third kappa shape index (κ3) is 3.84. The fourth-order valence-corrected chi connectivity index (χ4v) is 4.69. The van der Waals surface area contributed by atoms with E-state index in [4.69, 9.17) is 16.7 Å². The molecule has 1 aromatic heterocycles. The molecule has 0 saturated carbocycles. The van der Waals surface area contributed by atoms with Gasteiger partial charge in [-0.05, 0) is 18.2 Å². The Hall–Kier alpha value is -2.56. The van der Waals surface area contributed by atoms with Crippen molar-refractivity contribution in [1.82, 2.24) is 13.8 Å². The monoisotopic (exact) mass is 427 g/mol. The van der Waals surface area contributed by atoms with Crippen molar-refractivity contribution in [3.63, 3.8) is 0 Å². The number of carboxylic acid groups (broad SMARTS) is 1. The van der Waals surface area contributed by atoms with Gasteiger partial charge < -0.3 is 15.1 Å². The number of piperazine rings is 1. The maximum absolute atomic E-state index is 12.7. The summed E-state index contributed by atoms with van der Waals surface area (Å²) in [5.74, 6) is -0.668. The van der Waals surface area contributed by atoms with Crippen molar-refractivity contribution in [2.45, 2.75) is 11.4 Å². The van der Waals surface area contributed by atoms with Gasteiger partial charge in [-0.25, -0.2) is 17.2 Å². The first-order valence-corrected chi connectivity index (χ1v) is 10.2. The van der Waals surface area contributed by atoms with Crippen LogP contribution in [-0.2, 0) is 16.6 Å². The number of hydrogen-bond donors (Lipinski definition) is 2. The summed E-state index contributed by atoms with van der Waals surface area (Å²) in [5, 5.41) is 19.2. The summed E-state index contributed by atoms with van der Waals surface area (Å²) in [7, 11) is -4.26. The second kappa shape index (κ2) is 7.82. The Balaban J connectivity index is 1.85. The summed E-state index contributed by atoms with van der Waals surface area (Å²) in [6.07, 6.45) is 0.0960. The number of amides is 1. The summed E-state index contributed by atoms with van der Waals surface area (Å²) < 4.78 is 25.9. The van der Waals surface area contributed by atoms with E-state index in [0.717, 1.165) is 6.20 Å². The van der Waals surface area contributed by atoms with E-state index in [2.05, 4.69) is 0 Å². The van der Waals surface area contributed by atoms with E-state index in [9.17, 15) is 23.1 Å². The number of aromatic nitrogens is 1. The van der Waals surface area contributed by atoms with Gasteiger partial charge in [-0.1, -0.05) is 23.7 Å². The molecule has 1 saturated heterocycles. The Labute approximate surface area is 166 Å². The maximum Gasteiger partial charge on any atom is 0.407 e. The molecule has 1 aromatic carbocycles. The third-order valence-corrected chi connectivity index (χ3v) is 6.69. The number of aromatic hydroxyl groups is 1. The van der Waals surface area contributed by atoms with Gasteiger partial charge in [0.15, 0.2) is 5.75 Å². The van der Waals surface area contributed by atoms with E-state index in [0.29, 0.717) is 30.2 Å². The van der Waals surface area contributed by atoms with E-state index in [1.165, 1.54) is 29.2 Å². The van der Waals surface area contributed by atoms with E-state index in [1.807, 2.05) is 4.90 Å². The number of benzene rings is 1. The zero-order chi connectivity index (χ0) is 20.5. The molecule has 2 heterocycles. The van der Waals surface area contributed by atoms with Crippen LogP contribution < -0.4 is 5.56 Å². The molecule has 2 N–H and O–H groups in total. The predicted octanol–water partition coefficient (Wildman–Crippen LogP) is 1.24. The standard InChI is InChI=1S/C17H18ClN3O6S/c18-13-3-1-2-4-14(13)28(26,27)21-6-5-12(15(22)16(21)23)11-19-7-9-20(10-8-19)17(24)25/h1-6,22H,7-11H2,(H,24,25). The van der Waals surface area contributed by atoms with Crippen LogP contribution in [-0.4, -0.2) is 64.7 Å². The lowest BCUT2D eigenvalue weighted by Crippen LogP contribution is -2.47. The van der Waals surface area contributed by atoms with Crippen LogP contribution in [0.5, 0.6) is 5.75 Å². The van der Waals surface area contributed by atoms with Crippen molar-refractivity contribution in [2.75, 3.05) is 26.2 Å². The summed E-state index contributed by atoms with van der Waals surface area (Å²) >= 11 is 5.94. The molecule has 11 heteroatoms. The normalized spacial score (nSPS) is 15.5. The van der Waals surface area contributed by atoms with Crippen LogP contribution in [0.4, 0.5) is 4.79 Å². The number of rotatable bonds is 4. The first-order chi connectivity index (χ1) is 13.2. The van der Waals surface area contributed by atoms with Crippen LogP contribution in [0.2, 0.25) is 5.02 Å². The highest BCUT2D eigenvalue weighted by molar-refractivity contribution is 7.90. The SMILES string of the molecule is O=C(O)N1CCN(Cc2ccn(S(=O)(=O)c3ccccc3Cl)c(=O)c2O)CC1. The second-order valence-corrected chi connectivity index (χ2v) is 8.46. The first-order valence-electron chi connectivity index (χ1n) is 8.35. The fourth-order valence-electron chi connectivity index (χ4n) is 2.96. The molecule has 0 atom stereocenters. The van der Waals surface area contributed by atoms with Gasteiger partial charge in [-0.15, -0.1) is 0 Å². The zero-order valence-electron chi connectivity index (χ0n) is 14.7. The highest BCUT2D eigenvalue weighted by Crippen LogP contribution is 2.23. The molecule has 1 aliphatic rings.